The number of hydrogen-bond acceptors (Lipinski definition) is 6. The van der Waals surface area contributed by atoms with Gasteiger partial charge in [-0.05, 0) is 37.3 Å². The van der Waals surface area contributed by atoms with Gasteiger partial charge >= 0.3 is 12.1 Å². The third kappa shape index (κ3) is 4.91. The number of thiazole rings is 1. The zero-order valence-corrected chi connectivity index (χ0v) is 17.7. The summed E-state index contributed by atoms with van der Waals surface area (Å²) in [5.74, 6) is -0.218. The first-order chi connectivity index (χ1) is 14.7. The van der Waals surface area contributed by atoms with Crippen molar-refractivity contribution >= 4 is 40.2 Å². The Hall–Kier alpha value is -2.85. The fourth-order valence-corrected chi connectivity index (χ4v) is 5.03. The van der Waals surface area contributed by atoms with E-state index in [0.717, 1.165) is 27.6 Å². The van der Waals surface area contributed by atoms with Crippen molar-refractivity contribution in [3.63, 3.8) is 0 Å². The van der Waals surface area contributed by atoms with E-state index in [0.29, 0.717) is 27.4 Å². The molecule has 0 saturated carbocycles. The number of aliphatic carboxylic acids is 1. The zero-order valence-electron chi connectivity index (χ0n) is 16.1. The summed E-state index contributed by atoms with van der Waals surface area (Å²) in [7, 11) is 0. The van der Waals surface area contributed by atoms with E-state index in [4.69, 9.17) is 9.52 Å². The Morgan fingerprint density at radius 1 is 1.16 bits per heavy atom. The van der Waals surface area contributed by atoms with Gasteiger partial charge in [-0.3, -0.25) is 4.79 Å². The Balaban J connectivity index is 1.48. The maximum atomic E-state index is 12.8. The van der Waals surface area contributed by atoms with Crippen LogP contribution in [-0.2, 0) is 23.1 Å². The van der Waals surface area contributed by atoms with Gasteiger partial charge in [-0.2, -0.15) is 13.2 Å². The Bertz CT molecular complexity index is 1250. The highest BCUT2D eigenvalue weighted by Crippen LogP contribution is 2.35. The molecule has 0 amide bonds. The van der Waals surface area contributed by atoms with Crippen LogP contribution in [0.25, 0.3) is 21.7 Å². The van der Waals surface area contributed by atoms with Crippen LogP contribution in [0.2, 0.25) is 0 Å². The van der Waals surface area contributed by atoms with E-state index in [1.807, 2.05) is 19.1 Å². The van der Waals surface area contributed by atoms with Gasteiger partial charge in [0.1, 0.15) is 16.9 Å². The summed E-state index contributed by atoms with van der Waals surface area (Å²) in [5.41, 5.74) is 1.91. The van der Waals surface area contributed by atoms with Crippen LogP contribution in [0.4, 0.5) is 13.2 Å². The number of benzene rings is 2. The third-order valence-electron chi connectivity index (χ3n) is 4.43. The lowest BCUT2D eigenvalue weighted by Crippen LogP contribution is -2.03. The third-order valence-corrected chi connectivity index (χ3v) is 6.84. The van der Waals surface area contributed by atoms with E-state index in [1.165, 1.54) is 23.5 Å². The average molecular weight is 464 g/mol. The lowest BCUT2D eigenvalue weighted by atomic mass is 10.1. The summed E-state index contributed by atoms with van der Waals surface area (Å²) < 4.78 is 43.7. The normalized spacial score (nSPS) is 11.9. The van der Waals surface area contributed by atoms with Crippen LogP contribution in [0.3, 0.4) is 0 Å². The van der Waals surface area contributed by atoms with Crippen molar-refractivity contribution < 1.29 is 27.5 Å². The Morgan fingerprint density at radius 3 is 2.58 bits per heavy atom. The van der Waals surface area contributed by atoms with Crippen molar-refractivity contribution in [3.8, 4) is 10.6 Å². The molecule has 4 rings (SSSR count). The van der Waals surface area contributed by atoms with E-state index in [-0.39, 0.29) is 12.3 Å². The van der Waals surface area contributed by atoms with Gasteiger partial charge < -0.3 is 9.52 Å². The molecule has 160 valence electrons. The van der Waals surface area contributed by atoms with Crippen molar-refractivity contribution in [1.29, 1.82) is 0 Å². The van der Waals surface area contributed by atoms with Crippen molar-refractivity contribution in [2.75, 3.05) is 0 Å². The van der Waals surface area contributed by atoms with Gasteiger partial charge in [0.15, 0.2) is 5.58 Å². The highest BCUT2D eigenvalue weighted by atomic mass is 32.2. The number of rotatable bonds is 6. The monoisotopic (exact) mass is 464 g/mol. The van der Waals surface area contributed by atoms with Gasteiger partial charge in [-0.1, -0.05) is 12.1 Å². The van der Waals surface area contributed by atoms with Gasteiger partial charge in [0.2, 0.25) is 5.89 Å². The molecule has 2 aromatic heterocycles. The first-order valence-corrected chi connectivity index (χ1v) is 10.9. The Morgan fingerprint density at radius 2 is 1.90 bits per heavy atom. The fourth-order valence-electron chi connectivity index (χ4n) is 2.89. The summed E-state index contributed by atoms with van der Waals surface area (Å²) >= 11 is 3.01. The molecule has 0 atom stereocenters. The number of carboxylic acid groups (broad SMARTS) is 1. The van der Waals surface area contributed by atoms with E-state index < -0.39 is 17.7 Å². The number of halogens is 3. The summed E-state index contributed by atoms with van der Waals surface area (Å²) in [4.78, 5) is 21.5. The minimum atomic E-state index is -4.36. The molecule has 2 aromatic carbocycles. The molecule has 2 heterocycles. The number of aromatic nitrogens is 2. The number of nitrogens with zero attached hydrogens (tertiary/aromatic N) is 2. The van der Waals surface area contributed by atoms with Gasteiger partial charge in [-0.25, -0.2) is 9.97 Å². The topological polar surface area (TPSA) is 76.2 Å². The van der Waals surface area contributed by atoms with Gasteiger partial charge in [0.05, 0.1) is 11.3 Å². The van der Waals surface area contributed by atoms with Gasteiger partial charge in [0, 0.05) is 21.1 Å². The molecule has 1 N–H and O–H groups in total. The molecule has 31 heavy (non-hydrogen) atoms. The molecule has 0 bridgehead atoms. The molecule has 0 aliphatic rings. The van der Waals surface area contributed by atoms with E-state index in [2.05, 4.69) is 9.97 Å². The van der Waals surface area contributed by atoms with Crippen LogP contribution < -0.4 is 0 Å². The van der Waals surface area contributed by atoms with E-state index in [1.54, 1.807) is 17.8 Å². The van der Waals surface area contributed by atoms with Gasteiger partial charge in [-0.15, -0.1) is 23.1 Å². The molecule has 0 radical (unpaired) electrons. The lowest BCUT2D eigenvalue weighted by molar-refractivity contribution is -0.138. The summed E-state index contributed by atoms with van der Waals surface area (Å²) in [6, 6.07) is 10.5. The molecule has 0 unspecified atom stereocenters. The van der Waals surface area contributed by atoms with Gasteiger partial charge in [0.25, 0.3) is 0 Å². The van der Waals surface area contributed by atoms with Crippen LogP contribution >= 0.6 is 23.1 Å². The number of carbonyl (C=O) groups is 1. The number of carboxylic acids is 1. The molecule has 0 fully saturated rings. The van der Waals surface area contributed by atoms with Crippen LogP contribution in [0.5, 0.6) is 0 Å². The predicted molar refractivity (Wildman–Crippen MR) is 112 cm³/mol. The second kappa shape index (κ2) is 8.35. The Kier molecular flexibility index (Phi) is 5.76. The summed E-state index contributed by atoms with van der Waals surface area (Å²) in [6.45, 7) is 1.87. The maximum Gasteiger partial charge on any atom is 0.416 e. The summed E-state index contributed by atoms with van der Waals surface area (Å²) in [5, 5.41) is 9.53. The average Bonchev–Trinajstić information content (AvgIpc) is 3.27. The molecule has 0 saturated heterocycles. The zero-order chi connectivity index (χ0) is 22.2. The second-order valence-corrected chi connectivity index (χ2v) is 8.83. The number of fused-ring (bicyclic) bond motifs is 1. The van der Waals surface area contributed by atoms with Crippen LogP contribution in [0.1, 0.15) is 22.0 Å². The Labute approximate surface area is 183 Å². The first kappa shape index (κ1) is 21.4. The molecule has 10 heteroatoms. The van der Waals surface area contributed by atoms with Crippen molar-refractivity contribution in [2.45, 2.75) is 30.2 Å². The van der Waals surface area contributed by atoms with Crippen LogP contribution in [0.15, 0.2) is 51.8 Å². The molecule has 0 aliphatic carbocycles. The molecule has 0 aliphatic heterocycles. The molecule has 5 nitrogen and oxygen atoms in total. The minimum Gasteiger partial charge on any atom is -0.481 e. The van der Waals surface area contributed by atoms with E-state index >= 15 is 0 Å². The fraction of sp³-hybridized carbons (Fsp3) is 0.190. The highest BCUT2D eigenvalue weighted by molar-refractivity contribution is 7.98. The SMILES string of the molecule is Cc1nc(-c2ccc(C(F)(F)F)cc2)sc1CSc1ccc2oc(CC(=O)O)nc2c1. The smallest absolute Gasteiger partial charge is 0.416 e. The second-order valence-electron chi connectivity index (χ2n) is 6.70. The standard InChI is InChI=1S/C21H15F3N2O3S2/c1-11-17(31-20(25-11)12-2-4-13(5-3-12)21(22,23)24)10-30-14-6-7-16-15(8-14)26-18(29-16)9-19(27)28/h2-8H,9-10H2,1H3,(H,27,28). The van der Waals surface area contributed by atoms with E-state index in [9.17, 15) is 18.0 Å². The molecule has 4 aromatic rings. The minimum absolute atomic E-state index is 0.157. The van der Waals surface area contributed by atoms with Crippen molar-refractivity contribution in [3.05, 3.63) is 64.5 Å². The maximum absolute atomic E-state index is 12.8. The predicted octanol–water partition coefficient (Wildman–Crippen LogP) is 6.20. The number of hydrogen-bond donors (Lipinski definition) is 1. The molecule has 0 spiro atoms. The molecular weight excluding hydrogens is 449 g/mol. The quantitative estimate of drug-likeness (QED) is 0.343. The molecular formula is C21H15F3N2O3S2. The number of alkyl halides is 3. The lowest BCUT2D eigenvalue weighted by Gasteiger charge is -2.06. The largest absolute Gasteiger partial charge is 0.481 e. The summed E-state index contributed by atoms with van der Waals surface area (Å²) in [6.07, 6.45) is -4.64. The first-order valence-electron chi connectivity index (χ1n) is 9.07. The number of oxazole rings is 1. The van der Waals surface area contributed by atoms with Crippen molar-refractivity contribution in [2.24, 2.45) is 0 Å². The number of aryl methyl sites for hydroxylation is 1. The van der Waals surface area contributed by atoms with Crippen LogP contribution in [0, 0.1) is 6.92 Å². The number of thioether (sulfide) groups is 1. The van der Waals surface area contributed by atoms with Crippen LogP contribution in [-0.4, -0.2) is 21.0 Å². The highest BCUT2D eigenvalue weighted by Gasteiger charge is 2.30. The van der Waals surface area contributed by atoms with Crippen molar-refractivity contribution in [1.82, 2.24) is 9.97 Å².